The molecule has 0 aliphatic carbocycles. The van der Waals surface area contributed by atoms with Crippen molar-refractivity contribution < 1.29 is 18.4 Å². The van der Waals surface area contributed by atoms with Crippen LogP contribution in [-0.4, -0.2) is 48.0 Å². The third-order valence-electron chi connectivity index (χ3n) is 5.53. The van der Waals surface area contributed by atoms with Gasteiger partial charge in [0.1, 0.15) is 11.6 Å². The monoisotopic (exact) mass is 514 g/mol. The molecule has 0 radical (unpaired) electrons. The minimum Gasteiger partial charge on any atom is -0.366 e. The van der Waals surface area contributed by atoms with E-state index >= 15 is 0 Å². The summed E-state index contributed by atoms with van der Waals surface area (Å²) < 4.78 is 27.4. The fourth-order valence-electron chi connectivity index (χ4n) is 3.80. The summed E-state index contributed by atoms with van der Waals surface area (Å²) in [6.45, 7) is 1.80. The number of amides is 2. The Morgan fingerprint density at radius 2 is 1.66 bits per heavy atom. The fourth-order valence-corrected chi connectivity index (χ4v) is 4.17. The van der Waals surface area contributed by atoms with Gasteiger partial charge < -0.3 is 15.1 Å². The molecule has 35 heavy (non-hydrogen) atoms. The average Bonchev–Trinajstić information content (AvgIpc) is 2.84. The fraction of sp³-hybridized carbons (Fsp3) is 0.160. The molecule has 2 amide bonds. The van der Waals surface area contributed by atoms with Crippen LogP contribution >= 0.6 is 23.8 Å². The van der Waals surface area contributed by atoms with E-state index in [4.69, 9.17) is 23.8 Å². The van der Waals surface area contributed by atoms with E-state index in [0.29, 0.717) is 36.9 Å². The predicted octanol–water partition coefficient (Wildman–Crippen LogP) is 4.71. The van der Waals surface area contributed by atoms with Crippen LogP contribution in [0.4, 0.5) is 20.2 Å². The highest BCUT2D eigenvalue weighted by Gasteiger charge is 2.25. The molecule has 1 aliphatic rings. The van der Waals surface area contributed by atoms with Crippen LogP contribution in [0.3, 0.4) is 0 Å². The second kappa shape index (κ2) is 10.8. The first-order valence-electron chi connectivity index (χ1n) is 10.8. The first-order chi connectivity index (χ1) is 16.8. The summed E-state index contributed by atoms with van der Waals surface area (Å²) in [5.41, 5.74) is 1.52. The van der Waals surface area contributed by atoms with E-state index in [9.17, 15) is 18.4 Å². The number of carbonyl (C=O) groups excluding carboxylic acids is 2. The Morgan fingerprint density at radius 1 is 0.914 bits per heavy atom. The smallest absolute Gasteiger partial charge is 0.257 e. The van der Waals surface area contributed by atoms with E-state index in [-0.39, 0.29) is 22.1 Å². The average molecular weight is 515 g/mol. The second-order valence-corrected chi connectivity index (χ2v) is 8.68. The van der Waals surface area contributed by atoms with Crippen molar-refractivity contribution in [1.29, 1.82) is 0 Å². The molecule has 4 rings (SSSR count). The molecule has 10 heteroatoms. The summed E-state index contributed by atoms with van der Waals surface area (Å²) in [5, 5.41) is 6.00. The van der Waals surface area contributed by atoms with Gasteiger partial charge in [-0.05, 0) is 60.7 Å². The van der Waals surface area contributed by atoms with Crippen LogP contribution in [0.25, 0.3) is 0 Å². The number of rotatable bonds is 4. The molecule has 0 spiro atoms. The zero-order chi connectivity index (χ0) is 24.9. The zero-order valence-corrected chi connectivity index (χ0v) is 20.0. The lowest BCUT2D eigenvalue weighted by Gasteiger charge is -2.37. The summed E-state index contributed by atoms with van der Waals surface area (Å²) in [6, 6.07) is 16.4. The maximum atomic E-state index is 14.0. The maximum Gasteiger partial charge on any atom is 0.257 e. The van der Waals surface area contributed by atoms with E-state index in [0.717, 1.165) is 11.8 Å². The molecule has 0 bridgehead atoms. The normalized spacial score (nSPS) is 13.3. The molecule has 3 aromatic carbocycles. The van der Waals surface area contributed by atoms with Gasteiger partial charge in [-0.1, -0.05) is 29.8 Å². The molecule has 3 aromatic rings. The molecule has 0 aromatic heterocycles. The number of benzene rings is 3. The number of nitrogens with one attached hydrogen (secondary N) is 2. The van der Waals surface area contributed by atoms with Crippen molar-refractivity contribution >= 4 is 52.1 Å². The number of piperazine rings is 1. The lowest BCUT2D eigenvalue weighted by Crippen LogP contribution is -2.49. The van der Waals surface area contributed by atoms with Crippen molar-refractivity contribution in [2.24, 2.45) is 0 Å². The Morgan fingerprint density at radius 3 is 2.37 bits per heavy atom. The van der Waals surface area contributed by atoms with Crippen molar-refractivity contribution in [2.75, 3.05) is 36.4 Å². The molecule has 6 nitrogen and oxygen atoms in total. The molecule has 1 heterocycles. The summed E-state index contributed by atoms with van der Waals surface area (Å²) in [7, 11) is 0. The second-order valence-electron chi connectivity index (χ2n) is 7.84. The van der Waals surface area contributed by atoms with Crippen molar-refractivity contribution in [3.05, 3.63) is 94.5 Å². The minimum atomic E-state index is -0.550. The lowest BCUT2D eigenvalue weighted by atomic mass is 10.1. The van der Waals surface area contributed by atoms with Gasteiger partial charge in [0.05, 0.1) is 16.9 Å². The van der Waals surface area contributed by atoms with Gasteiger partial charge in [-0.15, -0.1) is 0 Å². The van der Waals surface area contributed by atoms with Crippen LogP contribution in [0.5, 0.6) is 0 Å². The summed E-state index contributed by atoms with van der Waals surface area (Å²) >= 11 is 11.5. The Hall–Kier alpha value is -3.56. The molecular formula is C25H21ClF2N4O2S. The third-order valence-corrected chi connectivity index (χ3v) is 5.97. The van der Waals surface area contributed by atoms with Crippen molar-refractivity contribution in [3.8, 4) is 0 Å². The van der Waals surface area contributed by atoms with Crippen LogP contribution in [-0.2, 0) is 0 Å². The molecule has 2 N–H and O–H groups in total. The van der Waals surface area contributed by atoms with Gasteiger partial charge in [0.2, 0.25) is 0 Å². The zero-order valence-electron chi connectivity index (χ0n) is 18.4. The highest BCUT2D eigenvalue weighted by molar-refractivity contribution is 7.80. The summed E-state index contributed by atoms with van der Waals surface area (Å²) in [4.78, 5) is 28.8. The number of nitrogens with zero attached hydrogens (tertiary/aromatic N) is 2. The van der Waals surface area contributed by atoms with Gasteiger partial charge in [0.25, 0.3) is 11.8 Å². The first-order valence-corrected chi connectivity index (χ1v) is 11.6. The highest BCUT2D eigenvalue weighted by atomic mass is 35.5. The van der Waals surface area contributed by atoms with Crippen LogP contribution in [0.1, 0.15) is 20.7 Å². The molecule has 1 saturated heterocycles. The lowest BCUT2D eigenvalue weighted by molar-refractivity contribution is 0.0742. The molecule has 0 saturated carbocycles. The predicted molar refractivity (Wildman–Crippen MR) is 136 cm³/mol. The van der Waals surface area contributed by atoms with E-state index < -0.39 is 17.5 Å². The standard InChI is InChI=1S/C25H21ClF2N4O2S/c26-17-8-9-22(21(15-17)29-25(35)30-23(33)16-4-3-5-18(27)14-16)31-10-12-32(13-11-31)24(34)19-6-1-2-7-20(19)28/h1-9,14-15H,10-13H2,(H2,29,30,33,35). The topological polar surface area (TPSA) is 64.7 Å². The molecule has 1 fully saturated rings. The number of carbonyl (C=O) groups is 2. The van der Waals surface area contributed by atoms with Gasteiger partial charge in [-0.25, -0.2) is 8.78 Å². The molecule has 0 unspecified atom stereocenters. The number of hydrogen-bond donors (Lipinski definition) is 2. The maximum absolute atomic E-state index is 14.0. The SMILES string of the molecule is O=C(NC(=S)Nc1cc(Cl)ccc1N1CCN(C(=O)c2ccccc2F)CC1)c1cccc(F)c1. The minimum absolute atomic E-state index is 0.0242. The Bertz CT molecular complexity index is 1280. The molecule has 180 valence electrons. The molecule has 1 aliphatic heterocycles. The Labute approximate surface area is 211 Å². The van der Waals surface area contributed by atoms with Crippen LogP contribution < -0.4 is 15.5 Å². The van der Waals surface area contributed by atoms with E-state index in [1.807, 2.05) is 11.0 Å². The molecule has 0 atom stereocenters. The number of thiocarbonyl (C=S) groups is 1. The third kappa shape index (κ3) is 5.93. The van der Waals surface area contributed by atoms with E-state index in [1.165, 1.54) is 30.3 Å². The van der Waals surface area contributed by atoms with Crippen LogP contribution in [0, 0.1) is 11.6 Å². The van der Waals surface area contributed by atoms with Crippen LogP contribution in [0.15, 0.2) is 66.7 Å². The van der Waals surface area contributed by atoms with Crippen LogP contribution in [0.2, 0.25) is 5.02 Å². The van der Waals surface area contributed by atoms with E-state index in [1.54, 1.807) is 29.2 Å². The quantitative estimate of drug-likeness (QED) is 0.494. The van der Waals surface area contributed by atoms with Gasteiger partial charge >= 0.3 is 0 Å². The number of anilines is 2. The van der Waals surface area contributed by atoms with Crippen molar-refractivity contribution in [1.82, 2.24) is 10.2 Å². The van der Waals surface area contributed by atoms with Gasteiger partial charge in [-0.3, -0.25) is 14.9 Å². The number of halogens is 3. The van der Waals surface area contributed by atoms with Gasteiger partial charge in [0.15, 0.2) is 5.11 Å². The Kier molecular flexibility index (Phi) is 7.57. The summed E-state index contributed by atoms with van der Waals surface area (Å²) in [6.07, 6.45) is 0. The van der Waals surface area contributed by atoms with Crippen molar-refractivity contribution in [2.45, 2.75) is 0 Å². The molecular weight excluding hydrogens is 494 g/mol. The van der Waals surface area contributed by atoms with E-state index in [2.05, 4.69) is 10.6 Å². The van der Waals surface area contributed by atoms with Crippen molar-refractivity contribution in [3.63, 3.8) is 0 Å². The Balaban J connectivity index is 1.42. The largest absolute Gasteiger partial charge is 0.366 e. The summed E-state index contributed by atoms with van der Waals surface area (Å²) in [5.74, 6) is -1.97. The van der Waals surface area contributed by atoms with Gasteiger partial charge in [0, 0.05) is 36.8 Å². The number of hydrogen-bond acceptors (Lipinski definition) is 4. The van der Waals surface area contributed by atoms with Gasteiger partial charge in [-0.2, -0.15) is 0 Å². The first kappa shape index (κ1) is 24.6. The highest BCUT2D eigenvalue weighted by Crippen LogP contribution is 2.30.